The number of ether oxygens (including phenoxy) is 3. The van der Waals surface area contributed by atoms with Crippen molar-refractivity contribution >= 4 is 21.8 Å². The van der Waals surface area contributed by atoms with Gasteiger partial charge in [0, 0.05) is 32.6 Å². The van der Waals surface area contributed by atoms with Gasteiger partial charge in [0.1, 0.15) is 11.8 Å². The monoisotopic (exact) mass is 699 g/mol. The summed E-state index contributed by atoms with van der Waals surface area (Å²) >= 11 is 0. The number of hydrogen-bond acceptors (Lipinski definition) is 7. The van der Waals surface area contributed by atoms with Gasteiger partial charge in [0.2, 0.25) is 21.8 Å². The van der Waals surface area contributed by atoms with Crippen molar-refractivity contribution in [3.63, 3.8) is 0 Å². The second-order valence-corrected chi connectivity index (χ2v) is 14.1. The van der Waals surface area contributed by atoms with E-state index in [0.29, 0.717) is 55.3 Å². The highest BCUT2D eigenvalue weighted by Gasteiger charge is 2.32. The molecule has 50 heavy (non-hydrogen) atoms. The molecule has 5 rings (SSSR count). The molecule has 0 aliphatic carbocycles. The van der Waals surface area contributed by atoms with E-state index >= 15 is 0 Å². The number of nitrogens with one attached hydrogen (secondary N) is 1. The van der Waals surface area contributed by atoms with Gasteiger partial charge in [-0.1, -0.05) is 60.7 Å². The molecule has 1 aliphatic rings. The molecule has 0 unspecified atom stereocenters. The molecule has 1 fully saturated rings. The van der Waals surface area contributed by atoms with Crippen LogP contribution in [0, 0.1) is 0 Å². The molecule has 264 valence electrons. The maximum absolute atomic E-state index is 14.2. The maximum atomic E-state index is 14.2. The molecule has 1 aliphatic heterocycles. The van der Waals surface area contributed by atoms with Gasteiger partial charge in [-0.05, 0) is 84.3 Å². The van der Waals surface area contributed by atoms with E-state index in [1.54, 1.807) is 50.5 Å². The maximum Gasteiger partial charge on any atom is 0.247 e. The van der Waals surface area contributed by atoms with Gasteiger partial charge in [-0.3, -0.25) is 9.59 Å². The average Bonchev–Trinajstić information content (AvgIpc) is 3.71. The molecule has 4 aromatic carbocycles. The van der Waals surface area contributed by atoms with Gasteiger partial charge in [-0.2, -0.15) is 4.31 Å². The van der Waals surface area contributed by atoms with Crippen LogP contribution in [0.1, 0.15) is 47.6 Å². The first-order chi connectivity index (χ1) is 24.2. The summed E-state index contributed by atoms with van der Waals surface area (Å²) < 4.78 is 43.6. The van der Waals surface area contributed by atoms with Crippen LogP contribution in [0.15, 0.2) is 102 Å². The number of amides is 2. The highest BCUT2D eigenvalue weighted by Crippen LogP contribution is 2.29. The fourth-order valence-electron chi connectivity index (χ4n) is 6.12. The summed E-state index contributed by atoms with van der Waals surface area (Å²) in [6.45, 7) is 1.61. The Balaban J connectivity index is 1.35. The van der Waals surface area contributed by atoms with E-state index in [-0.39, 0.29) is 29.7 Å². The van der Waals surface area contributed by atoms with Gasteiger partial charge in [-0.15, -0.1) is 0 Å². The molecule has 1 N–H and O–H groups in total. The number of methoxy groups -OCH3 is 3. The third-order valence-electron chi connectivity index (χ3n) is 8.92. The first-order valence-corrected chi connectivity index (χ1v) is 18.2. The predicted molar refractivity (Wildman–Crippen MR) is 192 cm³/mol. The smallest absolute Gasteiger partial charge is 0.247 e. The third kappa shape index (κ3) is 9.02. The predicted octanol–water partition coefficient (Wildman–Crippen LogP) is 5.56. The summed E-state index contributed by atoms with van der Waals surface area (Å²) in [4.78, 5) is 30.1. The second-order valence-electron chi connectivity index (χ2n) is 12.2. The number of nitrogens with zero attached hydrogens (tertiary/aromatic N) is 2. The van der Waals surface area contributed by atoms with Gasteiger partial charge in [0.05, 0.1) is 26.2 Å². The van der Waals surface area contributed by atoms with E-state index < -0.39 is 16.1 Å². The average molecular weight is 700 g/mol. The van der Waals surface area contributed by atoms with Gasteiger partial charge in [0.15, 0.2) is 11.5 Å². The quantitative estimate of drug-likeness (QED) is 0.163. The number of rotatable bonds is 16. The Kier molecular flexibility index (Phi) is 12.5. The number of sulfonamides is 1. The fourth-order valence-corrected chi connectivity index (χ4v) is 7.64. The Bertz CT molecular complexity index is 1830. The molecule has 0 saturated carbocycles. The molecule has 0 spiro atoms. The van der Waals surface area contributed by atoms with Crippen LogP contribution in [0.25, 0.3) is 0 Å². The Morgan fingerprint density at radius 2 is 1.40 bits per heavy atom. The Morgan fingerprint density at radius 1 is 0.760 bits per heavy atom. The van der Waals surface area contributed by atoms with Crippen LogP contribution >= 0.6 is 0 Å². The Labute approximate surface area is 295 Å². The minimum Gasteiger partial charge on any atom is -0.497 e. The van der Waals surface area contributed by atoms with Crippen LogP contribution < -0.4 is 19.5 Å². The lowest BCUT2D eigenvalue weighted by Crippen LogP contribution is -2.44. The van der Waals surface area contributed by atoms with Crippen molar-refractivity contribution < 1.29 is 32.2 Å². The van der Waals surface area contributed by atoms with Crippen molar-refractivity contribution in [2.75, 3.05) is 41.0 Å². The SMILES string of the molecule is COc1ccc(CN(C(=O)CCc2ccc(S(=O)(=O)N3CCCC3)cc2)[C@H](C(=O)NCCc2ccc(OC)c(OC)c2)c2ccccc2)cc1. The molecule has 4 aromatic rings. The molecule has 10 nitrogen and oxygen atoms in total. The molecule has 1 heterocycles. The normalized spacial score (nSPS) is 13.7. The fraction of sp³-hybridized carbons (Fsp3) is 0.333. The zero-order valence-electron chi connectivity index (χ0n) is 28.8. The molecule has 0 aromatic heterocycles. The molecule has 0 radical (unpaired) electrons. The van der Waals surface area contributed by atoms with E-state index in [4.69, 9.17) is 14.2 Å². The highest BCUT2D eigenvalue weighted by atomic mass is 32.2. The number of carbonyl (C=O) groups is 2. The minimum atomic E-state index is -3.53. The van der Waals surface area contributed by atoms with E-state index in [1.807, 2.05) is 72.8 Å². The van der Waals surface area contributed by atoms with Crippen molar-refractivity contribution in [2.45, 2.75) is 49.6 Å². The van der Waals surface area contributed by atoms with Gasteiger partial charge < -0.3 is 24.4 Å². The molecular formula is C39H45N3O7S. The van der Waals surface area contributed by atoms with E-state index in [9.17, 15) is 18.0 Å². The van der Waals surface area contributed by atoms with E-state index in [0.717, 1.165) is 29.5 Å². The van der Waals surface area contributed by atoms with Crippen molar-refractivity contribution in [3.05, 3.63) is 119 Å². The van der Waals surface area contributed by atoms with Crippen LogP contribution in [0.4, 0.5) is 0 Å². The third-order valence-corrected chi connectivity index (χ3v) is 10.8. The van der Waals surface area contributed by atoms with Crippen LogP contribution in [-0.2, 0) is 39.0 Å². The summed E-state index contributed by atoms with van der Waals surface area (Å²) in [6, 6.07) is 28.2. The lowest BCUT2D eigenvalue weighted by atomic mass is 10.0. The second kappa shape index (κ2) is 17.2. The zero-order chi connectivity index (χ0) is 35.5. The van der Waals surface area contributed by atoms with Crippen molar-refractivity contribution in [1.29, 1.82) is 0 Å². The first-order valence-electron chi connectivity index (χ1n) is 16.8. The van der Waals surface area contributed by atoms with Crippen molar-refractivity contribution in [3.8, 4) is 17.2 Å². The Hall–Kier alpha value is -4.87. The number of benzene rings is 4. The van der Waals surface area contributed by atoms with Gasteiger partial charge >= 0.3 is 0 Å². The lowest BCUT2D eigenvalue weighted by molar-refractivity contribution is -0.141. The molecule has 2 amide bonds. The lowest BCUT2D eigenvalue weighted by Gasteiger charge is -2.32. The summed E-state index contributed by atoms with van der Waals surface area (Å²) in [5, 5.41) is 3.07. The number of hydrogen-bond donors (Lipinski definition) is 1. The number of aryl methyl sites for hydroxylation is 1. The molecule has 1 saturated heterocycles. The molecule has 11 heteroatoms. The molecular weight excluding hydrogens is 655 g/mol. The Morgan fingerprint density at radius 3 is 2.04 bits per heavy atom. The zero-order valence-corrected chi connectivity index (χ0v) is 29.7. The van der Waals surface area contributed by atoms with Crippen LogP contribution in [0.5, 0.6) is 17.2 Å². The summed E-state index contributed by atoms with van der Waals surface area (Å²) in [7, 11) is 1.23. The van der Waals surface area contributed by atoms with Gasteiger partial charge in [0.25, 0.3) is 0 Å². The highest BCUT2D eigenvalue weighted by molar-refractivity contribution is 7.89. The van der Waals surface area contributed by atoms with Crippen molar-refractivity contribution in [2.24, 2.45) is 0 Å². The van der Waals surface area contributed by atoms with E-state index in [2.05, 4.69) is 5.32 Å². The van der Waals surface area contributed by atoms with E-state index in [1.165, 1.54) is 4.31 Å². The van der Waals surface area contributed by atoms with Crippen molar-refractivity contribution in [1.82, 2.24) is 14.5 Å². The summed E-state index contributed by atoms with van der Waals surface area (Å²) in [6.07, 6.45) is 2.78. The largest absolute Gasteiger partial charge is 0.497 e. The van der Waals surface area contributed by atoms with Crippen LogP contribution in [0.2, 0.25) is 0 Å². The standard InChI is InChI=1S/C39H45N3O7S/c1-47-33-17-11-31(12-18-33)28-42(37(43)22-16-29-13-19-34(20-14-29)50(45,46)41-25-7-8-26-41)38(32-9-5-4-6-10-32)39(44)40-24-23-30-15-21-35(48-2)36(27-30)49-3/h4-6,9-15,17-21,27,38H,7-8,16,22-26,28H2,1-3H3,(H,40,44)/t38-/m0/s1. The topological polar surface area (TPSA) is 114 Å². The molecule has 1 atom stereocenters. The van der Waals surface area contributed by atoms with Gasteiger partial charge in [-0.25, -0.2) is 8.42 Å². The van der Waals surface area contributed by atoms with Crippen LogP contribution in [-0.4, -0.2) is 70.4 Å². The van der Waals surface area contributed by atoms with Crippen LogP contribution in [0.3, 0.4) is 0 Å². The summed E-state index contributed by atoms with van der Waals surface area (Å²) in [5.41, 5.74) is 3.33. The first kappa shape index (κ1) is 36.4. The molecule has 0 bridgehead atoms. The summed E-state index contributed by atoms with van der Waals surface area (Å²) in [5.74, 6) is 1.42. The number of carbonyl (C=O) groups excluding carboxylic acids is 2. The minimum absolute atomic E-state index is 0.122.